The Labute approximate surface area is 124 Å². The van der Waals surface area contributed by atoms with Crippen LogP contribution in [0.15, 0.2) is 18.2 Å². The Bertz CT molecular complexity index is 457. The predicted molar refractivity (Wildman–Crippen MR) is 86.1 cm³/mol. The molecule has 0 bridgehead atoms. The first-order valence-corrected chi connectivity index (χ1v) is 8.58. The van der Waals surface area contributed by atoms with Crippen LogP contribution in [0.25, 0.3) is 0 Å². The molecule has 1 atom stereocenters. The summed E-state index contributed by atoms with van der Waals surface area (Å²) in [6.07, 6.45) is 12.2. The molecule has 1 unspecified atom stereocenters. The number of fused-ring (bicyclic) bond motifs is 1. The lowest BCUT2D eigenvalue weighted by molar-refractivity contribution is 0.195. The van der Waals surface area contributed by atoms with E-state index in [1.54, 1.807) is 11.1 Å². The highest BCUT2D eigenvalue weighted by molar-refractivity contribution is 5.36. The minimum absolute atomic E-state index is 0.498. The first-order chi connectivity index (χ1) is 9.79. The van der Waals surface area contributed by atoms with E-state index in [0.717, 1.165) is 0 Å². The Morgan fingerprint density at radius 1 is 1.05 bits per heavy atom. The Hall–Kier alpha value is -0.820. The third kappa shape index (κ3) is 2.41. The second-order valence-corrected chi connectivity index (χ2v) is 6.88. The first-order valence-electron chi connectivity index (χ1n) is 8.58. The topological polar surface area (TPSA) is 12.0 Å². The summed E-state index contributed by atoms with van der Waals surface area (Å²) in [6.45, 7) is 2.38. The molecule has 0 radical (unpaired) electrons. The number of rotatable bonds is 4. The van der Waals surface area contributed by atoms with Crippen LogP contribution in [0, 0.1) is 5.41 Å². The minimum atomic E-state index is 0.498. The number of hydrogen-bond donors (Lipinski definition) is 1. The van der Waals surface area contributed by atoms with Crippen molar-refractivity contribution in [2.75, 3.05) is 7.05 Å². The summed E-state index contributed by atoms with van der Waals surface area (Å²) in [7, 11) is 2.15. The van der Waals surface area contributed by atoms with Crippen molar-refractivity contribution < 1.29 is 0 Å². The van der Waals surface area contributed by atoms with E-state index in [4.69, 9.17) is 0 Å². The van der Waals surface area contributed by atoms with E-state index in [2.05, 4.69) is 37.5 Å². The Morgan fingerprint density at radius 3 is 2.40 bits per heavy atom. The van der Waals surface area contributed by atoms with Gasteiger partial charge < -0.3 is 5.32 Å². The quantitative estimate of drug-likeness (QED) is 0.829. The molecule has 0 spiro atoms. The maximum atomic E-state index is 3.66. The fourth-order valence-corrected chi connectivity index (χ4v) is 4.68. The molecule has 1 N–H and O–H groups in total. The average Bonchev–Trinajstić information content (AvgIpc) is 2.98. The molecule has 0 aliphatic heterocycles. The Balaban J connectivity index is 1.92. The van der Waals surface area contributed by atoms with Crippen molar-refractivity contribution in [2.24, 2.45) is 5.41 Å². The van der Waals surface area contributed by atoms with Crippen LogP contribution in [0.4, 0.5) is 0 Å². The Kier molecular flexibility index (Phi) is 4.16. The van der Waals surface area contributed by atoms with E-state index < -0.39 is 0 Å². The molecular weight excluding hydrogens is 242 g/mol. The molecule has 1 saturated carbocycles. The van der Waals surface area contributed by atoms with Gasteiger partial charge in [0.15, 0.2) is 0 Å². The molecule has 0 aromatic heterocycles. The lowest BCUT2D eigenvalue weighted by Gasteiger charge is -2.37. The third-order valence-electron chi connectivity index (χ3n) is 5.91. The molecule has 0 heterocycles. The summed E-state index contributed by atoms with van der Waals surface area (Å²) in [6, 6.07) is 7.88. The summed E-state index contributed by atoms with van der Waals surface area (Å²) in [5.74, 6) is 0. The van der Waals surface area contributed by atoms with Gasteiger partial charge in [0.1, 0.15) is 0 Å². The van der Waals surface area contributed by atoms with E-state index in [1.165, 1.54) is 63.4 Å². The van der Waals surface area contributed by atoms with Crippen molar-refractivity contribution in [3.63, 3.8) is 0 Å². The van der Waals surface area contributed by atoms with Crippen LogP contribution in [-0.4, -0.2) is 7.05 Å². The van der Waals surface area contributed by atoms with Crippen LogP contribution in [-0.2, 0) is 12.8 Å². The van der Waals surface area contributed by atoms with Gasteiger partial charge in [0.25, 0.3) is 0 Å². The first kappa shape index (κ1) is 14.1. The molecule has 2 aliphatic rings. The fraction of sp³-hybridized carbons (Fsp3) is 0.684. The van der Waals surface area contributed by atoms with Crippen molar-refractivity contribution in [2.45, 2.75) is 70.8 Å². The van der Waals surface area contributed by atoms with Gasteiger partial charge in [-0.1, -0.05) is 38.0 Å². The minimum Gasteiger partial charge on any atom is -0.313 e. The smallest absolute Gasteiger partial charge is 0.0374 e. The van der Waals surface area contributed by atoms with E-state index in [0.29, 0.717) is 11.5 Å². The van der Waals surface area contributed by atoms with Crippen LogP contribution in [0.3, 0.4) is 0 Å². The van der Waals surface area contributed by atoms with Gasteiger partial charge in [-0.3, -0.25) is 0 Å². The van der Waals surface area contributed by atoms with Crippen LogP contribution in [0.5, 0.6) is 0 Å². The summed E-state index contributed by atoms with van der Waals surface area (Å²) in [5, 5.41) is 3.66. The predicted octanol–water partition coefficient (Wildman–Crippen LogP) is 4.80. The summed E-state index contributed by atoms with van der Waals surface area (Å²) in [4.78, 5) is 0. The molecule has 1 heteroatoms. The Morgan fingerprint density at radius 2 is 1.75 bits per heavy atom. The summed E-state index contributed by atoms with van der Waals surface area (Å²) < 4.78 is 0. The molecule has 1 aromatic rings. The van der Waals surface area contributed by atoms with E-state index in [-0.39, 0.29) is 0 Å². The van der Waals surface area contributed by atoms with E-state index in [9.17, 15) is 0 Å². The van der Waals surface area contributed by atoms with Gasteiger partial charge >= 0.3 is 0 Å². The number of benzene rings is 1. The van der Waals surface area contributed by atoms with Crippen LogP contribution >= 0.6 is 0 Å². The zero-order valence-corrected chi connectivity index (χ0v) is 13.2. The number of hydrogen-bond acceptors (Lipinski definition) is 1. The van der Waals surface area contributed by atoms with E-state index >= 15 is 0 Å². The van der Waals surface area contributed by atoms with Gasteiger partial charge in [-0.15, -0.1) is 0 Å². The summed E-state index contributed by atoms with van der Waals surface area (Å²) in [5.41, 5.74) is 5.26. The lowest BCUT2D eigenvalue weighted by atomic mass is 9.73. The van der Waals surface area contributed by atoms with Crippen molar-refractivity contribution in [1.82, 2.24) is 5.32 Å². The fourth-order valence-electron chi connectivity index (χ4n) is 4.68. The van der Waals surface area contributed by atoms with Crippen LogP contribution in [0.1, 0.15) is 74.6 Å². The molecule has 110 valence electrons. The maximum absolute atomic E-state index is 3.66. The van der Waals surface area contributed by atoms with Crippen LogP contribution < -0.4 is 5.32 Å². The third-order valence-corrected chi connectivity index (χ3v) is 5.91. The molecule has 1 nitrogen and oxygen atoms in total. The lowest BCUT2D eigenvalue weighted by Crippen LogP contribution is -2.34. The molecule has 1 fully saturated rings. The monoisotopic (exact) mass is 271 g/mol. The molecule has 3 rings (SSSR count). The second kappa shape index (κ2) is 5.89. The SMILES string of the molecule is CCC1(C(NC)c2ccc3c(c2)CCCC3)CCCC1. The van der Waals surface area contributed by atoms with E-state index in [1.807, 2.05) is 0 Å². The van der Waals surface area contributed by atoms with Crippen molar-refractivity contribution >= 4 is 0 Å². The van der Waals surface area contributed by atoms with Gasteiger partial charge in [-0.05, 0) is 74.1 Å². The zero-order valence-electron chi connectivity index (χ0n) is 13.2. The second-order valence-electron chi connectivity index (χ2n) is 6.88. The number of nitrogens with one attached hydrogen (secondary N) is 1. The average molecular weight is 271 g/mol. The van der Waals surface area contributed by atoms with Gasteiger partial charge in [0.05, 0.1) is 0 Å². The van der Waals surface area contributed by atoms with Gasteiger partial charge in [-0.25, -0.2) is 0 Å². The zero-order chi connectivity index (χ0) is 14.0. The van der Waals surface area contributed by atoms with Gasteiger partial charge in [0.2, 0.25) is 0 Å². The molecular formula is C19H29N. The standard InChI is InChI=1S/C19H29N/c1-3-19(12-6-7-13-19)18(20-2)17-11-10-15-8-4-5-9-16(15)14-17/h10-11,14,18,20H,3-9,12-13H2,1-2H3. The highest BCUT2D eigenvalue weighted by Crippen LogP contribution is 2.50. The largest absolute Gasteiger partial charge is 0.313 e. The summed E-state index contributed by atoms with van der Waals surface area (Å²) >= 11 is 0. The highest BCUT2D eigenvalue weighted by Gasteiger charge is 2.39. The van der Waals surface area contributed by atoms with Gasteiger partial charge in [-0.2, -0.15) is 0 Å². The molecule has 2 aliphatic carbocycles. The molecule has 0 amide bonds. The highest BCUT2D eigenvalue weighted by atomic mass is 14.9. The van der Waals surface area contributed by atoms with Gasteiger partial charge in [0, 0.05) is 6.04 Å². The molecule has 1 aromatic carbocycles. The maximum Gasteiger partial charge on any atom is 0.0374 e. The van der Waals surface area contributed by atoms with Crippen molar-refractivity contribution in [3.8, 4) is 0 Å². The normalized spacial score (nSPS) is 22.5. The van der Waals surface area contributed by atoms with Crippen molar-refractivity contribution in [3.05, 3.63) is 34.9 Å². The molecule has 0 saturated heterocycles. The van der Waals surface area contributed by atoms with Crippen molar-refractivity contribution in [1.29, 1.82) is 0 Å². The molecule has 20 heavy (non-hydrogen) atoms. The number of aryl methyl sites for hydroxylation is 2. The van der Waals surface area contributed by atoms with Crippen LogP contribution in [0.2, 0.25) is 0 Å².